The van der Waals surface area contributed by atoms with Crippen molar-refractivity contribution in [3.05, 3.63) is 0 Å². The molecule has 18 heavy (non-hydrogen) atoms. The Balaban J connectivity index is 2.46. The Bertz CT molecular complexity index is 339. The monoisotopic (exact) mass is 251 g/mol. The standard InChI is InChI=1S/C13H21N3O2/c1-11(17)15-8-9-16-12(18)13(10-14)6-4-2-3-5-7-13/h2-9H2,1H3,(H,15,17)(H,16,18). The van der Waals surface area contributed by atoms with Crippen LogP contribution in [-0.2, 0) is 9.59 Å². The van der Waals surface area contributed by atoms with Crippen molar-refractivity contribution in [1.29, 1.82) is 5.26 Å². The average molecular weight is 251 g/mol. The van der Waals surface area contributed by atoms with E-state index in [4.69, 9.17) is 0 Å². The first-order valence-electron chi connectivity index (χ1n) is 6.55. The van der Waals surface area contributed by atoms with Crippen LogP contribution < -0.4 is 10.6 Å². The zero-order chi connectivity index (χ0) is 13.4. The minimum atomic E-state index is -0.854. The van der Waals surface area contributed by atoms with Crippen LogP contribution in [0.3, 0.4) is 0 Å². The number of carbonyl (C=O) groups excluding carboxylic acids is 2. The molecule has 1 rings (SSSR count). The van der Waals surface area contributed by atoms with Crippen molar-refractivity contribution < 1.29 is 9.59 Å². The fraction of sp³-hybridized carbons (Fsp3) is 0.769. The van der Waals surface area contributed by atoms with Crippen LogP contribution in [0.15, 0.2) is 0 Å². The van der Waals surface area contributed by atoms with E-state index in [2.05, 4.69) is 16.7 Å². The maximum Gasteiger partial charge on any atom is 0.240 e. The number of carbonyl (C=O) groups is 2. The van der Waals surface area contributed by atoms with Gasteiger partial charge in [-0.15, -0.1) is 0 Å². The summed E-state index contributed by atoms with van der Waals surface area (Å²) in [6, 6.07) is 2.21. The molecule has 0 unspecified atom stereocenters. The molecule has 0 aromatic carbocycles. The lowest BCUT2D eigenvalue weighted by Gasteiger charge is -2.23. The lowest BCUT2D eigenvalue weighted by molar-refractivity contribution is -0.129. The third kappa shape index (κ3) is 4.02. The van der Waals surface area contributed by atoms with Crippen molar-refractivity contribution in [2.45, 2.75) is 45.4 Å². The predicted molar refractivity (Wildman–Crippen MR) is 67.4 cm³/mol. The summed E-state index contributed by atoms with van der Waals surface area (Å²) in [6.07, 6.45) is 5.37. The van der Waals surface area contributed by atoms with E-state index in [0.29, 0.717) is 25.9 Å². The number of hydrogen-bond acceptors (Lipinski definition) is 3. The van der Waals surface area contributed by atoms with Crippen molar-refractivity contribution in [3.63, 3.8) is 0 Å². The number of hydrogen-bond donors (Lipinski definition) is 2. The van der Waals surface area contributed by atoms with Crippen LogP contribution >= 0.6 is 0 Å². The van der Waals surface area contributed by atoms with Crippen LogP contribution in [0.2, 0.25) is 0 Å². The fourth-order valence-electron chi connectivity index (χ4n) is 2.31. The Morgan fingerprint density at radius 3 is 2.17 bits per heavy atom. The van der Waals surface area contributed by atoms with Crippen LogP contribution in [-0.4, -0.2) is 24.9 Å². The van der Waals surface area contributed by atoms with E-state index in [-0.39, 0.29) is 11.8 Å². The lowest BCUT2D eigenvalue weighted by atomic mass is 9.81. The summed E-state index contributed by atoms with van der Waals surface area (Å²) in [6.45, 7) is 2.22. The number of amides is 2. The van der Waals surface area contributed by atoms with E-state index < -0.39 is 5.41 Å². The van der Waals surface area contributed by atoms with Crippen LogP contribution in [0.1, 0.15) is 45.4 Å². The minimum absolute atomic E-state index is 0.117. The second kappa shape index (κ2) is 7.00. The van der Waals surface area contributed by atoms with E-state index in [1.807, 2.05) is 0 Å². The third-order valence-corrected chi connectivity index (χ3v) is 3.39. The number of nitriles is 1. The van der Waals surface area contributed by atoms with Gasteiger partial charge in [0.25, 0.3) is 0 Å². The third-order valence-electron chi connectivity index (χ3n) is 3.39. The van der Waals surface area contributed by atoms with Gasteiger partial charge in [0.1, 0.15) is 5.41 Å². The molecule has 0 saturated heterocycles. The molecule has 1 fully saturated rings. The van der Waals surface area contributed by atoms with Gasteiger partial charge in [-0.05, 0) is 12.8 Å². The van der Waals surface area contributed by atoms with Gasteiger partial charge in [0.05, 0.1) is 6.07 Å². The second-order valence-corrected chi connectivity index (χ2v) is 4.85. The summed E-state index contributed by atoms with van der Waals surface area (Å²) in [5, 5.41) is 14.7. The molecule has 0 aromatic heterocycles. The highest BCUT2D eigenvalue weighted by Crippen LogP contribution is 2.34. The maximum atomic E-state index is 12.1. The molecule has 2 N–H and O–H groups in total. The summed E-state index contributed by atoms with van der Waals surface area (Å²) in [5.41, 5.74) is -0.854. The molecule has 0 heterocycles. The normalized spacial score (nSPS) is 18.2. The first-order valence-corrected chi connectivity index (χ1v) is 6.55. The van der Waals surface area contributed by atoms with Gasteiger partial charge < -0.3 is 10.6 Å². The molecule has 2 amide bonds. The van der Waals surface area contributed by atoms with Gasteiger partial charge in [0.2, 0.25) is 11.8 Å². The first kappa shape index (κ1) is 14.5. The van der Waals surface area contributed by atoms with Gasteiger partial charge >= 0.3 is 0 Å². The Labute approximate surface area is 108 Å². The lowest BCUT2D eigenvalue weighted by Crippen LogP contribution is -2.42. The molecule has 0 radical (unpaired) electrons. The Kier molecular flexibility index (Phi) is 5.63. The predicted octanol–water partition coefficient (Wildman–Crippen LogP) is 1.10. The molecular weight excluding hydrogens is 230 g/mol. The first-order chi connectivity index (χ1) is 8.60. The molecule has 5 nitrogen and oxygen atoms in total. The minimum Gasteiger partial charge on any atom is -0.355 e. The summed E-state index contributed by atoms with van der Waals surface area (Å²) < 4.78 is 0. The smallest absolute Gasteiger partial charge is 0.240 e. The molecule has 0 aliphatic heterocycles. The van der Waals surface area contributed by atoms with Gasteiger partial charge in [-0.3, -0.25) is 9.59 Å². The van der Waals surface area contributed by atoms with E-state index in [1.165, 1.54) is 6.92 Å². The van der Waals surface area contributed by atoms with Crippen LogP contribution in [0, 0.1) is 16.7 Å². The largest absolute Gasteiger partial charge is 0.355 e. The van der Waals surface area contributed by atoms with Gasteiger partial charge in [0, 0.05) is 20.0 Å². The molecule has 0 aromatic rings. The molecular formula is C13H21N3O2. The summed E-state index contributed by atoms with van der Waals surface area (Å²) in [4.78, 5) is 22.8. The number of rotatable bonds is 4. The Morgan fingerprint density at radius 1 is 1.11 bits per heavy atom. The highest BCUT2D eigenvalue weighted by molar-refractivity contribution is 5.85. The summed E-state index contributed by atoms with van der Waals surface area (Å²) in [7, 11) is 0. The Morgan fingerprint density at radius 2 is 1.67 bits per heavy atom. The van der Waals surface area contributed by atoms with Crippen molar-refractivity contribution in [2.75, 3.05) is 13.1 Å². The zero-order valence-electron chi connectivity index (χ0n) is 10.9. The van der Waals surface area contributed by atoms with Crippen molar-refractivity contribution in [3.8, 4) is 6.07 Å². The van der Waals surface area contributed by atoms with E-state index >= 15 is 0 Å². The Hall–Kier alpha value is -1.57. The summed E-state index contributed by atoms with van der Waals surface area (Å²) >= 11 is 0. The molecule has 1 aliphatic rings. The van der Waals surface area contributed by atoms with E-state index in [9.17, 15) is 14.9 Å². The molecule has 5 heteroatoms. The van der Waals surface area contributed by atoms with Crippen molar-refractivity contribution in [1.82, 2.24) is 10.6 Å². The molecule has 0 bridgehead atoms. The van der Waals surface area contributed by atoms with Gasteiger partial charge in [0.15, 0.2) is 0 Å². The molecule has 100 valence electrons. The fourth-order valence-corrected chi connectivity index (χ4v) is 2.31. The number of nitrogens with one attached hydrogen (secondary N) is 2. The SMILES string of the molecule is CC(=O)NCCNC(=O)C1(C#N)CCCCCC1. The molecule has 0 spiro atoms. The topological polar surface area (TPSA) is 82.0 Å². The van der Waals surface area contributed by atoms with Crippen molar-refractivity contribution >= 4 is 11.8 Å². The molecule has 1 aliphatic carbocycles. The zero-order valence-corrected chi connectivity index (χ0v) is 10.9. The van der Waals surface area contributed by atoms with Crippen LogP contribution in [0.5, 0.6) is 0 Å². The average Bonchev–Trinajstić information content (AvgIpc) is 2.60. The van der Waals surface area contributed by atoms with E-state index in [0.717, 1.165) is 25.7 Å². The van der Waals surface area contributed by atoms with E-state index in [1.54, 1.807) is 0 Å². The van der Waals surface area contributed by atoms with Gasteiger partial charge in [-0.1, -0.05) is 25.7 Å². The van der Waals surface area contributed by atoms with Gasteiger partial charge in [-0.2, -0.15) is 5.26 Å². The van der Waals surface area contributed by atoms with Crippen LogP contribution in [0.25, 0.3) is 0 Å². The highest BCUT2D eigenvalue weighted by atomic mass is 16.2. The van der Waals surface area contributed by atoms with Crippen LogP contribution in [0.4, 0.5) is 0 Å². The maximum absolute atomic E-state index is 12.1. The van der Waals surface area contributed by atoms with Crippen molar-refractivity contribution in [2.24, 2.45) is 5.41 Å². The quantitative estimate of drug-likeness (QED) is 0.580. The highest BCUT2D eigenvalue weighted by Gasteiger charge is 2.38. The molecule has 1 saturated carbocycles. The summed E-state index contributed by atoms with van der Waals surface area (Å²) in [5.74, 6) is -0.300. The molecule has 0 atom stereocenters. The second-order valence-electron chi connectivity index (χ2n) is 4.85. The number of nitrogens with zero attached hydrogens (tertiary/aromatic N) is 1. The van der Waals surface area contributed by atoms with Gasteiger partial charge in [-0.25, -0.2) is 0 Å².